The van der Waals surface area contributed by atoms with Crippen molar-refractivity contribution in [3.05, 3.63) is 41.9 Å². The molecule has 4 aromatic heterocycles. The highest BCUT2D eigenvalue weighted by molar-refractivity contribution is 5.99. The zero-order valence-electron chi connectivity index (χ0n) is 18.5. The molecule has 4 aromatic rings. The van der Waals surface area contributed by atoms with Crippen molar-refractivity contribution in [2.45, 2.75) is 51.0 Å². The first-order valence-corrected chi connectivity index (χ1v) is 11.2. The monoisotopic (exact) mass is 447 g/mol. The minimum Gasteiger partial charge on any atom is -0.360 e. The largest absolute Gasteiger partial charge is 0.360 e. The molecule has 170 valence electrons. The summed E-state index contributed by atoms with van der Waals surface area (Å²) in [5.41, 5.74) is 1.15. The lowest BCUT2D eigenvalue weighted by Gasteiger charge is -2.33. The lowest BCUT2D eigenvalue weighted by molar-refractivity contribution is -0.120. The second-order valence-corrected chi connectivity index (χ2v) is 9.01. The van der Waals surface area contributed by atoms with E-state index in [1.54, 1.807) is 17.5 Å². The fraction of sp³-hybridized carbons (Fsp3) is 0.409. The Balaban J connectivity index is 1.32. The number of carbonyl (C=O) groups is 1. The molecule has 0 spiro atoms. The minimum atomic E-state index is -0.823. The third-order valence-electron chi connectivity index (χ3n) is 6.48. The van der Waals surface area contributed by atoms with E-state index in [1.807, 2.05) is 36.2 Å². The molecule has 3 N–H and O–H groups in total. The molecule has 0 radical (unpaired) electrons. The van der Waals surface area contributed by atoms with Gasteiger partial charge in [0.05, 0.1) is 0 Å². The molecule has 0 aromatic carbocycles. The van der Waals surface area contributed by atoms with Gasteiger partial charge in [-0.15, -0.1) is 5.10 Å². The first kappa shape index (κ1) is 19.8. The van der Waals surface area contributed by atoms with Crippen LogP contribution in [0.5, 0.6) is 0 Å². The molecule has 1 aliphatic heterocycles. The zero-order valence-corrected chi connectivity index (χ0v) is 18.5. The van der Waals surface area contributed by atoms with Crippen molar-refractivity contribution >= 4 is 34.8 Å². The van der Waals surface area contributed by atoms with Gasteiger partial charge in [0.1, 0.15) is 16.8 Å². The van der Waals surface area contributed by atoms with Crippen LogP contribution >= 0.6 is 0 Å². The molecule has 0 unspecified atom stereocenters. The number of fused-ring (bicyclic) bond motifs is 1. The number of aryl methyl sites for hydroxylation is 1. The second kappa shape index (κ2) is 7.32. The van der Waals surface area contributed by atoms with E-state index in [4.69, 9.17) is 14.6 Å². The van der Waals surface area contributed by atoms with Crippen molar-refractivity contribution in [2.75, 3.05) is 22.1 Å². The number of hydrogen-bond donors (Lipinski definition) is 3. The van der Waals surface area contributed by atoms with Gasteiger partial charge >= 0.3 is 0 Å². The summed E-state index contributed by atoms with van der Waals surface area (Å²) in [4.78, 5) is 20.0. The summed E-state index contributed by atoms with van der Waals surface area (Å²) >= 11 is 0. The third kappa shape index (κ3) is 3.49. The molecule has 0 bridgehead atoms. The van der Waals surface area contributed by atoms with E-state index >= 15 is 0 Å². The number of rotatable bonds is 6. The average Bonchev–Trinajstić information content (AvgIpc) is 3.17. The molecule has 33 heavy (non-hydrogen) atoms. The highest BCUT2D eigenvalue weighted by Crippen LogP contribution is 2.40. The van der Waals surface area contributed by atoms with Crippen LogP contribution in [-0.4, -0.2) is 47.9 Å². The topological polar surface area (TPSA) is 129 Å². The van der Waals surface area contributed by atoms with Gasteiger partial charge in [-0.3, -0.25) is 9.89 Å². The second-order valence-electron chi connectivity index (χ2n) is 9.01. The maximum absolute atomic E-state index is 13.3. The normalized spacial score (nSPS) is 20.5. The van der Waals surface area contributed by atoms with Gasteiger partial charge in [0.25, 0.3) is 5.91 Å². The Kier molecular flexibility index (Phi) is 4.39. The quantitative estimate of drug-likeness (QED) is 0.410. The molecule has 1 atom stereocenters. The highest BCUT2D eigenvalue weighted by atomic mass is 16.5. The summed E-state index contributed by atoms with van der Waals surface area (Å²) in [5, 5.41) is 22.3. The predicted molar refractivity (Wildman–Crippen MR) is 122 cm³/mol. The van der Waals surface area contributed by atoms with Crippen LogP contribution in [0.15, 0.2) is 35.0 Å². The summed E-state index contributed by atoms with van der Waals surface area (Å²) in [7, 11) is 0. The van der Waals surface area contributed by atoms with Gasteiger partial charge in [0.15, 0.2) is 17.5 Å². The molecule has 1 saturated heterocycles. The molecule has 2 aliphatic rings. The molecule has 6 rings (SSSR count). The fourth-order valence-electron chi connectivity index (χ4n) is 4.45. The zero-order chi connectivity index (χ0) is 22.6. The van der Waals surface area contributed by atoms with E-state index < -0.39 is 5.54 Å². The Hall–Kier alpha value is -3.89. The molecule has 11 heteroatoms. The summed E-state index contributed by atoms with van der Waals surface area (Å²) in [6.07, 6.45) is 5.80. The summed E-state index contributed by atoms with van der Waals surface area (Å²) in [6.45, 7) is 4.37. The maximum Gasteiger partial charge on any atom is 0.251 e. The Morgan fingerprint density at radius 2 is 2.18 bits per heavy atom. The molecule has 1 saturated carbocycles. The van der Waals surface area contributed by atoms with Crippen molar-refractivity contribution in [3.8, 4) is 0 Å². The number of hydrogen-bond acceptors (Lipinski definition) is 8. The molecular weight excluding hydrogens is 422 g/mol. The number of H-pyrrole nitrogens is 1. The van der Waals surface area contributed by atoms with Crippen LogP contribution in [0, 0.1) is 6.92 Å². The third-order valence-corrected chi connectivity index (χ3v) is 6.48. The SMILES string of the molecule is Cc1cc(NC(=O)[C@]2(C)CCCN2c2nc(Nc3cc(C4CC4)[nH]n3)c3cccn3n2)no1. The minimum absolute atomic E-state index is 0.166. The van der Waals surface area contributed by atoms with E-state index in [9.17, 15) is 4.79 Å². The fourth-order valence-corrected chi connectivity index (χ4v) is 4.45. The number of carbonyl (C=O) groups excluding carboxylic acids is 1. The van der Waals surface area contributed by atoms with Crippen LogP contribution in [0.3, 0.4) is 0 Å². The summed E-state index contributed by atoms with van der Waals surface area (Å²) in [6, 6.07) is 7.60. The standard InChI is InChI=1S/C22H25N9O2/c1-13-11-18(29-33-13)24-20(32)22(2)8-4-9-30(22)21-25-19(16-5-3-10-31(16)28-21)23-17-12-15(26-27-17)14-6-7-14/h3,5,10-12,14H,4,6-9H2,1-2H3,(H,24,29,32)(H2,23,25,26,27,28)/t22-/m0/s1. The van der Waals surface area contributed by atoms with Gasteiger partial charge in [-0.1, -0.05) is 5.16 Å². The van der Waals surface area contributed by atoms with E-state index in [1.165, 1.54) is 12.8 Å². The molecule has 5 heterocycles. The first-order valence-electron chi connectivity index (χ1n) is 11.2. The number of nitrogens with one attached hydrogen (secondary N) is 3. The number of aromatic nitrogens is 6. The molecule has 2 fully saturated rings. The van der Waals surface area contributed by atoms with E-state index in [0.717, 1.165) is 17.6 Å². The van der Waals surface area contributed by atoms with Crippen LogP contribution in [-0.2, 0) is 4.79 Å². The maximum atomic E-state index is 13.3. The van der Waals surface area contributed by atoms with Crippen LogP contribution in [0.2, 0.25) is 0 Å². The Morgan fingerprint density at radius 3 is 2.97 bits per heavy atom. The lowest BCUT2D eigenvalue weighted by Crippen LogP contribution is -2.51. The smallest absolute Gasteiger partial charge is 0.251 e. The highest BCUT2D eigenvalue weighted by Gasteiger charge is 2.45. The van der Waals surface area contributed by atoms with Crippen LogP contribution < -0.4 is 15.5 Å². The van der Waals surface area contributed by atoms with Crippen molar-refractivity contribution < 1.29 is 9.32 Å². The van der Waals surface area contributed by atoms with E-state index in [0.29, 0.717) is 48.0 Å². The molecule has 1 amide bonds. The van der Waals surface area contributed by atoms with E-state index in [2.05, 4.69) is 26.0 Å². The molecule has 11 nitrogen and oxygen atoms in total. The molecule has 1 aliphatic carbocycles. The first-order chi connectivity index (χ1) is 16.0. The summed E-state index contributed by atoms with van der Waals surface area (Å²) in [5.74, 6) is 3.29. The summed E-state index contributed by atoms with van der Waals surface area (Å²) < 4.78 is 6.86. The average molecular weight is 448 g/mol. The van der Waals surface area contributed by atoms with Gasteiger partial charge in [0, 0.05) is 36.5 Å². The van der Waals surface area contributed by atoms with Crippen molar-refractivity contribution in [2.24, 2.45) is 0 Å². The Morgan fingerprint density at radius 1 is 1.30 bits per heavy atom. The number of aromatic amines is 1. The Labute approximate surface area is 189 Å². The van der Waals surface area contributed by atoms with Gasteiger partial charge in [-0.2, -0.15) is 10.1 Å². The van der Waals surface area contributed by atoms with Crippen molar-refractivity contribution in [1.29, 1.82) is 0 Å². The van der Waals surface area contributed by atoms with Gasteiger partial charge < -0.3 is 20.1 Å². The predicted octanol–water partition coefficient (Wildman–Crippen LogP) is 3.37. The van der Waals surface area contributed by atoms with E-state index in [-0.39, 0.29) is 5.91 Å². The van der Waals surface area contributed by atoms with Crippen LogP contribution in [0.1, 0.15) is 50.0 Å². The Bertz CT molecular complexity index is 1330. The number of anilines is 4. The van der Waals surface area contributed by atoms with Crippen LogP contribution in [0.25, 0.3) is 5.52 Å². The van der Waals surface area contributed by atoms with Crippen LogP contribution in [0.4, 0.5) is 23.4 Å². The van der Waals surface area contributed by atoms with Gasteiger partial charge in [0.2, 0.25) is 5.95 Å². The van der Waals surface area contributed by atoms with Gasteiger partial charge in [-0.25, -0.2) is 4.52 Å². The number of nitrogens with zero attached hydrogens (tertiary/aromatic N) is 6. The lowest BCUT2D eigenvalue weighted by atomic mass is 9.98. The van der Waals surface area contributed by atoms with Gasteiger partial charge in [-0.05, 0) is 51.7 Å². The number of amides is 1. The molecular formula is C22H25N9O2. The van der Waals surface area contributed by atoms with Crippen molar-refractivity contribution in [1.82, 2.24) is 30.0 Å². The van der Waals surface area contributed by atoms with Crippen molar-refractivity contribution in [3.63, 3.8) is 0 Å².